The van der Waals surface area contributed by atoms with E-state index >= 15 is 0 Å². The van der Waals surface area contributed by atoms with E-state index in [0.29, 0.717) is 15.9 Å². The highest BCUT2D eigenvalue weighted by Gasteiger charge is 2.18. The monoisotopic (exact) mass is 364 g/mol. The summed E-state index contributed by atoms with van der Waals surface area (Å²) in [6.45, 7) is 1.78. The zero-order valence-electron chi connectivity index (χ0n) is 9.85. The molecular formula is C11H10BrClN2O3S. The second kappa shape index (κ2) is 5.62. The Labute approximate surface area is 124 Å². The van der Waals surface area contributed by atoms with Gasteiger partial charge >= 0.3 is 0 Å². The van der Waals surface area contributed by atoms with Gasteiger partial charge in [-0.2, -0.15) is 0 Å². The van der Waals surface area contributed by atoms with Gasteiger partial charge in [-0.1, -0.05) is 32.7 Å². The molecule has 1 aromatic heterocycles. The largest absolute Gasteiger partial charge is 0.360 e. The molecule has 0 saturated carbocycles. The number of aryl methyl sites for hydroxylation is 1. The average Bonchev–Trinajstić information content (AvgIpc) is 2.72. The van der Waals surface area contributed by atoms with Crippen LogP contribution in [0.25, 0.3) is 0 Å². The van der Waals surface area contributed by atoms with Gasteiger partial charge in [-0.05, 0) is 25.1 Å². The molecule has 0 atom stereocenters. The number of halogens is 2. The van der Waals surface area contributed by atoms with E-state index in [0.717, 1.165) is 0 Å². The van der Waals surface area contributed by atoms with E-state index < -0.39 is 10.0 Å². The van der Waals surface area contributed by atoms with Crippen LogP contribution in [0.2, 0.25) is 5.02 Å². The summed E-state index contributed by atoms with van der Waals surface area (Å²) in [5.74, 6) is 0.439. The third-order valence-electron chi connectivity index (χ3n) is 2.30. The van der Waals surface area contributed by atoms with E-state index in [-0.39, 0.29) is 16.5 Å². The molecule has 0 unspecified atom stereocenters. The van der Waals surface area contributed by atoms with E-state index in [9.17, 15) is 8.42 Å². The van der Waals surface area contributed by atoms with Crippen molar-refractivity contribution in [2.75, 3.05) is 0 Å². The van der Waals surface area contributed by atoms with E-state index in [4.69, 9.17) is 16.1 Å². The predicted molar refractivity (Wildman–Crippen MR) is 74.4 cm³/mol. The van der Waals surface area contributed by atoms with Crippen molar-refractivity contribution in [1.29, 1.82) is 0 Å². The summed E-state index contributed by atoms with van der Waals surface area (Å²) < 4.78 is 32.2. The lowest BCUT2D eigenvalue weighted by atomic mass is 10.4. The third kappa shape index (κ3) is 3.56. The molecule has 0 aliphatic heterocycles. The molecule has 19 heavy (non-hydrogen) atoms. The molecule has 1 aromatic carbocycles. The van der Waals surface area contributed by atoms with Crippen LogP contribution in [-0.4, -0.2) is 13.6 Å². The first-order valence-electron chi connectivity index (χ1n) is 5.25. The summed E-state index contributed by atoms with van der Waals surface area (Å²) in [5.41, 5.74) is 0.691. The van der Waals surface area contributed by atoms with Crippen LogP contribution in [0.15, 0.2) is 38.2 Å². The molecule has 0 aliphatic rings. The molecule has 8 heteroatoms. The molecule has 1 heterocycles. The third-order valence-corrected chi connectivity index (χ3v) is 4.67. The summed E-state index contributed by atoms with van der Waals surface area (Å²) in [7, 11) is -3.69. The number of hydrogen-bond donors (Lipinski definition) is 1. The van der Waals surface area contributed by atoms with Gasteiger partial charge in [0.25, 0.3) is 0 Å². The van der Waals surface area contributed by atoms with Crippen molar-refractivity contribution in [1.82, 2.24) is 9.88 Å². The van der Waals surface area contributed by atoms with Gasteiger partial charge in [-0.15, -0.1) is 0 Å². The summed E-state index contributed by atoms with van der Waals surface area (Å²) >= 11 is 9.13. The topological polar surface area (TPSA) is 72.2 Å². The lowest BCUT2D eigenvalue weighted by molar-refractivity contribution is 0.377. The van der Waals surface area contributed by atoms with E-state index in [2.05, 4.69) is 25.8 Å². The molecule has 0 amide bonds. The Morgan fingerprint density at radius 1 is 1.42 bits per heavy atom. The number of aromatic nitrogens is 1. The van der Waals surface area contributed by atoms with E-state index in [1.165, 1.54) is 12.1 Å². The zero-order valence-corrected chi connectivity index (χ0v) is 13.0. The molecule has 102 valence electrons. The van der Waals surface area contributed by atoms with Crippen molar-refractivity contribution >= 4 is 37.6 Å². The van der Waals surface area contributed by atoms with Crippen LogP contribution in [0.5, 0.6) is 0 Å². The second-order valence-corrected chi connectivity index (χ2v) is 6.89. The molecular weight excluding hydrogens is 356 g/mol. The van der Waals surface area contributed by atoms with Gasteiger partial charge in [-0.3, -0.25) is 0 Å². The Hall–Kier alpha value is -0.890. The molecule has 0 bridgehead atoms. The minimum Gasteiger partial charge on any atom is -0.360 e. The maximum absolute atomic E-state index is 12.1. The highest BCUT2D eigenvalue weighted by atomic mass is 79.9. The lowest BCUT2D eigenvalue weighted by Crippen LogP contribution is -2.23. The van der Waals surface area contributed by atoms with Crippen LogP contribution in [0.1, 0.15) is 11.5 Å². The van der Waals surface area contributed by atoms with Crippen LogP contribution in [0.3, 0.4) is 0 Å². The van der Waals surface area contributed by atoms with Crippen LogP contribution in [0.4, 0.5) is 0 Å². The second-order valence-electron chi connectivity index (χ2n) is 3.83. The summed E-state index contributed by atoms with van der Waals surface area (Å²) in [6.07, 6.45) is 0. The first kappa shape index (κ1) is 14.5. The van der Waals surface area contributed by atoms with Crippen molar-refractivity contribution in [2.45, 2.75) is 18.4 Å². The summed E-state index contributed by atoms with van der Waals surface area (Å²) in [6, 6.07) is 6.22. The summed E-state index contributed by atoms with van der Waals surface area (Å²) in [5, 5.41) is 3.83. The van der Waals surface area contributed by atoms with Crippen molar-refractivity contribution in [3.8, 4) is 0 Å². The molecule has 0 saturated heterocycles. The number of rotatable bonds is 4. The molecule has 2 rings (SSSR count). The molecule has 0 fully saturated rings. The van der Waals surface area contributed by atoms with Crippen LogP contribution < -0.4 is 4.72 Å². The fraction of sp³-hybridized carbons (Fsp3) is 0.182. The maximum Gasteiger partial charge on any atom is 0.242 e. The van der Waals surface area contributed by atoms with Crippen molar-refractivity contribution < 1.29 is 12.9 Å². The highest BCUT2D eigenvalue weighted by Crippen LogP contribution is 2.25. The Balaban J connectivity index is 2.18. The highest BCUT2D eigenvalue weighted by molar-refractivity contribution is 9.10. The van der Waals surface area contributed by atoms with Gasteiger partial charge in [-0.25, -0.2) is 13.1 Å². The molecule has 5 nitrogen and oxygen atoms in total. The average molecular weight is 366 g/mol. The number of nitrogens with one attached hydrogen (secondary N) is 1. The Kier molecular flexibility index (Phi) is 4.29. The normalized spacial score (nSPS) is 11.7. The van der Waals surface area contributed by atoms with Gasteiger partial charge < -0.3 is 4.52 Å². The Morgan fingerprint density at radius 2 is 2.16 bits per heavy atom. The number of nitrogens with zero attached hydrogens (tertiary/aromatic N) is 1. The van der Waals surface area contributed by atoms with Gasteiger partial charge in [0.05, 0.1) is 17.3 Å². The molecule has 0 radical (unpaired) electrons. The number of sulfonamides is 1. The number of hydrogen-bond acceptors (Lipinski definition) is 4. The Morgan fingerprint density at radius 3 is 2.74 bits per heavy atom. The zero-order chi connectivity index (χ0) is 14.0. The molecule has 1 N–H and O–H groups in total. The Bertz CT molecular complexity index is 700. The summed E-state index contributed by atoms with van der Waals surface area (Å²) in [4.78, 5) is 0.0219. The van der Waals surface area contributed by atoms with Gasteiger partial charge in [0.15, 0.2) is 5.76 Å². The molecule has 0 spiro atoms. The SMILES string of the molecule is Cc1cc(CNS(=O)(=O)c2ccc(Br)cc2Cl)on1. The van der Waals surface area contributed by atoms with Gasteiger partial charge in [0, 0.05) is 10.5 Å². The fourth-order valence-electron chi connectivity index (χ4n) is 1.44. The quantitative estimate of drug-likeness (QED) is 0.904. The van der Waals surface area contributed by atoms with E-state index in [1.807, 2.05) is 0 Å². The lowest BCUT2D eigenvalue weighted by Gasteiger charge is -2.07. The molecule has 0 aliphatic carbocycles. The minimum absolute atomic E-state index is 0.0219. The van der Waals surface area contributed by atoms with Crippen LogP contribution in [-0.2, 0) is 16.6 Å². The standard InChI is InChI=1S/C11H10BrClN2O3S/c1-7-4-9(18-15-7)6-14-19(16,17)11-3-2-8(12)5-10(11)13/h2-5,14H,6H2,1H3. The van der Waals surface area contributed by atoms with Crippen LogP contribution >= 0.6 is 27.5 Å². The van der Waals surface area contributed by atoms with Crippen LogP contribution in [0, 0.1) is 6.92 Å². The maximum atomic E-state index is 12.1. The van der Waals surface area contributed by atoms with Gasteiger partial charge in [0.2, 0.25) is 10.0 Å². The molecule has 2 aromatic rings. The van der Waals surface area contributed by atoms with Crippen molar-refractivity contribution in [2.24, 2.45) is 0 Å². The van der Waals surface area contributed by atoms with Gasteiger partial charge in [0.1, 0.15) is 4.90 Å². The first-order valence-corrected chi connectivity index (χ1v) is 7.91. The van der Waals surface area contributed by atoms with E-state index in [1.54, 1.807) is 19.1 Å². The predicted octanol–water partition coefficient (Wildman–Crippen LogP) is 2.88. The fourth-order valence-corrected chi connectivity index (χ4v) is 3.47. The van der Waals surface area contributed by atoms with Crippen molar-refractivity contribution in [3.63, 3.8) is 0 Å². The number of benzene rings is 1. The smallest absolute Gasteiger partial charge is 0.242 e. The first-order chi connectivity index (χ1) is 8.88. The van der Waals surface area contributed by atoms with Crippen molar-refractivity contribution in [3.05, 3.63) is 45.2 Å². The minimum atomic E-state index is -3.69.